The van der Waals surface area contributed by atoms with E-state index in [-0.39, 0.29) is 0 Å². The second-order valence-corrected chi connectivity index (χ2v) is 3.00. The molecule has 0 unspecified atom stereocenters. The number of nitrogens with zero attached hydrogens (tertiary/aromatic N) is 2. The van der Waals surface area contributed by atoms with Crippen LogP contribution >= 0.6 is 15.9 Å². The Bertz CT molecular complexity index is 396. The summed E-state index contributed by atoms with van der Waals surface area (Å²) in [7, 11) is 0. The predicted molar refractivity (Wildman–Crippen MR) is 44.2 cm³/mol. The van der Waals surface area contributed by atoms with Crippen LogP contribution in [0.4, 0.5) is 0 Å². The third-order valence-corrected chi connectivity index (χ3v) is 1.75. The van der Waals surface area contributed by atoms with Gasteiger partial charge in [-0.1, -0.05) is 0 Å². The molecule has 2 aromatic rings. The number of furan rings is 1. The molecule has 0 fully saturated rings. The van der Waals surface area contributed by atoms with Gasteiger partial charge in [0, 0.05) is 6.07 Å². The first-order chi connectivity index (χ1) is 5.25. The molecule has 0 radical (unpaired) electrons. The summed E-state index contributed by atoms with van der Waals surface area (Å²) in [6, 6.07) is 1.82. The van der Waals surface area contributed by atoms with Crippen molar-refractivity contribution in [3.63, 3.8) is 0 Å². The summed E-state index contributed by atoms with van der Waals surface area (Å²) in [6.45, 7) is 1.85. The number of aromatic nitrogens is 2. The molecule has 3 nitrogen and oxygen atoms in total. The Balaban J connectivity index is 2.82. The minimum absolute atomic E-state index is 0.687. The van der Waals surface area contributed by atoms with E-state index in [1.165, 1.54) is 0 Å². The van der Waals surface area contributed by atoms with Crippen LogP contribution in [0.5, 0.6) is 0 Å². The van der Waals surface area contributed by atoms with Crippen molar-refractivity contribution >= 4 is 27.0 Å². The van der Waals surface area contributed by atoms with Gasteiger partial charge < -0.3 is 4.42 Å². The van der Waals surface area contributed by atoms with Gasteiger partial charge in [-0.3, -0.25) is 0 Å². The zero-order valence-corrected chi connectivity index (χ0v) is 7.42. The van der Waals surface area contributed by atoms with E-state index in [9.17, 15) is 0 Å². The van der Waals surface area contributed by atoms with Gasteiger partial charge in [-0.15, -0.1) is 0 Å². The maximum absolute atomic E-state index is 5.21. The number of hydrogen-bond acceptors (Lipinski definition) is 3. The highest BCUT2D eigenvalue weighted by Gasteiger charge is 2.01. The van der Waals surface area contributed by atoms with Gasteiger partial charge in [0.05, 0.1) is 6.20 Å². The van der Waals surface area contributed by atoms with Gasteiger partial charge in [0.2, 0.25) is 0 Å². The first kappa shape index (κ1) is 6.79. The van der Waals surface area contributed by atoms with Crippen molar-refractivity contribution < 1.29 is 4.42 Å². The Morgan fingerprint density at radius 1 is 1.55 bits per heavy atom. The summed E-state index contributed by atoms with van der Waals surface area (Å²) in [5, 5.41) is 0. The normalized spacial score (nSPS) is 10.7. The average Bonchev–Trinajstić information content (AvgIpc) is 2.27. The molecule has 0 saturated carbocycles. The topological polar surface area (TPSA) is 38.9 Å². The van der Waals surface area contributed by atoms with Crippen LogP contribution in [0.3, 0.4) is 0 Å². The monoisotopic (exact) mass is 212 g/mol. The van der Waals surface area contributed by atoms with E-state index < -0.39 is 0 Å². The smallest absolute Gasteiger partial charge is 0.172 e. The fourth-order valence-electron chi connectivity index (χ4n) is 0.900. The number of halogens is 1. The third-order valence-electron chi connectivity index (χ3n) is 1.36. The molecule has 0 aliphatic heterocycles. The van der Waals surface area contributed by atoms with Crippen molar-refractivity contribution in [1.29, 1.82) is 0 Å². The first-order valence-electron chi connectivity index (χ1n) is 3.14. The summed E-state index contributed by atoms with van der Waals surface area (Å²) in [5.74, 6) is 0.755. The molecule has 0 N–H and O–H groups in total. The van der Waals surface area contributed by atoms with Gasteiger partial charge in [-0.05, 0) is 22.9 Å². The molecule has 0 saturated heterocycles. The summed E-state index contributed by atoms with van der Waals surface area (Å²) >= 11 is 3.21. The van der Waals surface area contributed by atoms with Crippen molar-refractivity contribution in [3.05, 3.63) is 22.8 Å². The van der Waals surface area contributed by atoms with Gasteiger partial charge >= 0.3 is 0 Å². The highest BCUT2D eigenvalue weighted by atomic mass is 79.9. The fraction of sp³-hybridized carbons (Fsp3) is 0.143. The Morgan fingerprint density at radius 2 is 2.36 bits per heavy atom. The van der Waals surface area contributed by atoms with Gasteiger partial charge in [-0.25, -0.2) is 9.97 Å². The lowest BCUT2D eigenvalue weighted by atomic mass is 10.4. The van der Waals surface area contributed by atoms with E-state index in [1.54, 1.807) is 6.20 Å². The highest BCUT2D eigenvalue weighted by molar-refractivity contribution is 9.10. The van der Waals surface area contributed by atoms with Crippen LogP contribution in [0, 0.1) is 6.92 Å². The molecule has 0 amide bonds. The molecule has 56 valence electrons. The molecule has 11 heavy (non-hydrogen) atoms. The van der Waals surface area contributed by atoms with E-state index >= 15 is 0 Å². The Kier molecular flexibility index (Phi) is 1.42. The lowest BCUT2D eigenvalue weighted by Gasteiger charge is -1.87. The number of rotatable bonds is 0. The minimum Gasteiger partial charge on any atom is -0.446 e. The number of aryl methyl sites for hydroxylation is 1. The van der Waals surface area contributed by atoms with Gasteiger partial charge in [0.1, 0.15) is 11.3 Å². The van der Waals surface area contributed by atoms with Crippen LogP contribution in [0.25, 0.3) is 11.1 Å². The molecule has 2 rings (SSSR count). The van der Waals surface area contributed by atoms with Crippen LogP contribution in [-0.2, 0) is 0 Å². The quantitative estimate of drug-likeness (QED) is 0.673. The number of fused-ring (bicyclic) bond motifs is 1. The Labute approximate surface area is 71.6 Å². The van der Waals surface area contributed by atoms with Crippen LogP contribution in [-0.4, -0.2) is 9.97 Å². The van der Waals surface area contributed by atoms with Crippen molar-refractivity contribution in [2.75, 3.05) is 0 Å². The van der Waals surface area contributed by atoms with E-state index in [2.05, 4.69) is 25.9 Å². The molecule has 0 aliphatic carbocycles. The van der Waals surface area contributed by atoms with Crippen molar-refractivity contribution in [2.24, 2.45) is 0 Å². The molecular formula is C7H5BrN2O. The van der Waals surface area contributed by atoms with E-state index in [0.717, 1.165) is 11.3 Å². The van der Waals surface area contributed by atoms with E-state index in [0.29, 0.717) is 10.3 Å². The van der Waals surface area contributed by atoms with Crippen LogP contribution in [0.15, 0.2) is 21.3 Å². The first-order valence-corrected chi connectivity index (χ1v) is 3.94. The number of hydrogen-bond donors (Lipinski definition) is 0. The fourth-order valence-corrected chi connectivity index (χ4v) is 1.29. The molecule has 0 atom stereocenters. The maximum Gasteiger partial charge on any atom is 0.172 e. The SMILES string of the molecule is Cc1ncc2oc(Br)cc2n1. The second kappa shape index (κ2) is 2.30. The summed E-state index contributed by atoms with van der Waals surface area (Å²) in [5.41, 5.74) is 1.55. The van der Waals surface area contributed by atoms with Gasteiger partial charge in [0.25, 0.3) is 0 Å². The van der Waals surface area contributed by atoms with Crippen LogP contribution in [0.2, 0.25) is 0 Å². The largest absolute Gasteiger partial charge is 0.446 e. The van der Waals surface area contributed by atoms with Crippen LogP contribution < -0.4 is 0 Å². The zero-order valence-electron chi connectivity index (χ0n) is 5.84. The van der Waals surface area contributed by atoms with Gasteiger partial charge in [0.15, 0.2) is 10.3 Å². The molecule has 4 heteroatoms. The Morgan fingerprint density at radius 3 is 3.18 bits per heavy atom. The minimum atomic E-state index is 0.687. The summed E-state index contributed by atoms with van der Waals surface area (Å²) < 4.78 is 5.90. The van der Waals surface area contributed by atoms with Crippen molar-refractivity contribution in [1.82, 2.24) is 9.97 Å². The van der Waals surface area contributed by atoms with Crippen molar-refractivity contribution in [2.45, 2.75) is 6.92 Å². The summed E-state index contributed by atoms with van der Waals surface area (Å²) in [6.07, 6.45) is 1.67. The Hall–Kier alpha value is -0.900. The lowest BCUT2D eigenvalue weighted by molar-refractivity contribution is 0.585. The second-order valence-electron chi connectivity index (χ2n) is 2.22. The average molecular weight is 213 g/mol. The molecule has 0 aromatic carbocycles. The molecule has 2 aromatic heterocycles. The molecular weight excluding hydrogens is 208 g/mol. The summed E-state index contributed by atoms with van der Waals surface area (Å²) in [4.78, 5) is 8.16. The molecule has 0 spiro atoms. The molecule has 0 aliphatic rings. The maximum atomic E-state index is 5.21. The van der Waals surface area contributed by atoms with E-state index in [4.69, 9.17) is 4.42 Å². The third kappa shape index (κ3) is 1.14. The van der Waals surface area contributed by atoms with Gasteiger partial charge in [-0.2, -0.15) is 0 Å². The highest BCUT2D eigenvalue weighted by Crippen LogP contribution is 2.20. The zero-order chi connectivity index (χ0) is 7.84. The molecule has 0 bridgehead atoms. The van der Waals surface area contributed by atoms with Crippen LogP contribution in [0.1, 0.15) is 5.82 Å². The van der Waals surface area contributed by atoms with E-state index in [1.807, 2.05) is 13.0 Å². The molecule has 2 heterocycles. The predicted octanol–water partition coefficient (Wildman–Crippen LogP) is 2.29. The lowest BCUT2D eigenvalue weighted by Crippen LogP contribution is -1.83. The van der Waals surface area contributed by atoms with Crippen molar-refractivity contribution in [3.8, 4) is 0 Å². The standard InChI is InChI=1S/C7H5BrN2O/c1-4-9-3-6-5(10-4)2-7(8)11-6/h2-3H,1H3.